The lowest BCUT2D eigenvalue weighted by Gasteiger charge is -2.71. The molecule has 5 rings (SSSR count). The van der Waals surface area contributed by atoms with Crippen molar-refractivity contribution in [3.8, 4) is 0 Å². The normalized spacial score (nSPS) is 56.4. The van der Waals surface area contributed by atoms with Crippen LogP contribution < -0.4 is 0 Å². The molecule has 2 unspecified atom stereocenters. The Kier molecular flexibility index (Phi) is 5.63. The summed E-state index contributed by atoms with van der Waals surface area (Å²) in [7, 11) is 1.84. The standard InChI is InChI=1S/C31H52O3/c1-26(2)17-21-20-9-10-23-28(4)13-12-25(34-8)29(5,19-32)22(28)11-14-31(23,7)30(20,6)16-15-27(21,3)24(33)18-26/h9,21-25,32-33H,10-19H2,1-8H3/t21-,22?,23?,24+,25-,27+,28-,29+,30+,31+/m0/s1. The Bertz CT molecular complexity index is 863. The highest BCUT2D eigenvalue weighted by atomic mass is 16.5. The predicted molar refractivity (Wildman–Crippen MR) is 138 cm³/mol. The van der Waals surface area contributed by atoms with E-state index in [4.69, 9.17) is 4.74 Å². The Labute approximate surface area is 209 Å². The van der Waals surface area contributed by atoms with Crippen LogP contribution in [0.15, 0.2) is 11.6 Å². The van der Waals surface area contributed by atoms with E-state index in [-0.39, 0.29) is 51.3 Å². The number of hydrogen-bond donors (Lipinski definition) is 2. The van der Waals surface area contributed by atoms with Crippen molar-refractivity contribution in [1.82, 2.24) is 0 Å². The number of rotatable bonds is 2. The maximum atomic E-state index is 11.3. The van der Waals surface area contributed by atoms with Gasteiger partial charge in [-0.2, -0.15) is 0 Å². The predicted octanol–water partition coefficient (Wildman–Crippen LogP) is 6.77. The number of hydrogen-bond acceptors (Lipinski definition) is 3. The molecule has 0 heterocycles. The summed E-state index contributed by atoms with van der Waals surface area (Å²) in [5, 5.41) is 22.0. The minimum absolute atomic E-state index is 0.0249. The van der Waals surface area contributed by atoms with Crippen molar-refractivity contribution in [2.45, 2.75) is 118 Å². The fourth-order valence-corrected chi connectivity index (χ4v) is 11.1. The molecule has 3 heteroatoms. The van der Waals surface area contributed by atoms with E-state index in [9.17, 15) is 10.2 Å². The molecule has 0 spiro atoms. The maximum Gasteiger partial charge on any atom is 0.0649 e. The number of aliphatic hydroxyl groups excluding tert-OH is 2. The van der Waals surface area contributed by atoms with Gasteiger partial charge in [0.05, 0.1) is 18.8 Å². The van der Waals surface area contributed by atoms with E-state index >= 15 is 0 Å². The third kappa shape index (κ3) is 2.99. The highest BCUT2D eigenvalue weighted by Crippen LogP contribution is 2.75. The molecular weight excluding hydrogens is 420 g/mol. The molecule has 0 aromatic rings. The van der Waals surface area contributed by atoms with Gasteiger partial charge in [-0.1, -0.05) is 60.1 Å². The van der Waals surface area contributed by atoms with Crippen LogP contribution in [0, 0.1) is 50.2 Å². The lowest BCUT2D eigenvalue weighted by molar-refractivity contribution is -0.222. The summed E-state index contributed by atoms with van der Waals surface area (Å²) in [6.45, 7) is 17.5. The molecule has 34 heavy (non-hydrogen) atoms. The molecule has 5 aliphatic rings. The summed E-state index contributed by atoms with van der Waals surface area (Å²) < 4.78 is 5.96. The molecule has 0 radical (unpaired) electrons. The Morgan fingerprint density at radius 3 is 2.24 bits per heavy atom. The number of fused-ring (bicyclic) bond motifs is 7. The van der Waals surface area contributed by atoms with Crippen molar-refractivity contribution < 1.29 is 14.9 Å². The lowest BCUT2D eigenvalue weighted by Crippen LogP contribution is -2.66. The maximum absolute atomic E-state index is 11.3. The van der Waals surface area contributed by atoms with Gasteiger partial charge in [0, 0.05) is 17.9 Å². The second-order valence-corrected chi connectivity index (χ2v) is 15.4. The van der Waals surface area contributed by atoms with Gasteiger partial charge in [-0.25, -0.2) is 0 Å². The Morgan fingerprint density at radius 1 is 0.882 bits per heavy atom. The van der Waals surface area contributed by atoms with Gasteiger partial charge in [-0.3, -0.25) is 0 Å². The van der Waals surface area contributed by atoms with Crippen molar-refractivity contribution in [3.05, 3.63) is 11.6 Å². The first-order valence-electron chi connectivity index (χ1n) is 14.2. The van der Waals surface area contributed by atoms with Gasteiger partial charge in [0.15, 0.2) is 0 Å². The van der Waals surface area contributed by atoms with E-state index in [0.717, 1.165) is 25.7 Å². The molecule has 0 bridgehead atoms. The topological polar surface area (TPSA) is 49.7 Å². The molecule has 0 amide bonds. The summed E-state index contributed by atoms with van der Waals surface area (Å²) in [6, 6.07) is 0. The van der Waals surface area contributed by atoms with Crippen LogP contribution in [-0.4, -0.2) is 36.1 Å². The van der Waals surface area contributed by atoms with Crippen LogP contribution in [0.4, 0.5) is 0 Å². The molecule has 194 valence electrons. The summed E-state index contributed by atoms with van der Waals surface area (Å²) >= 11 is 0. The number of ether oxygens (including phenoxy) is 1. The van der Waals surface area contributed by atoms with Crippen molar-refractivity contribution >= 4 is 0 Å². The number of allylic oxidation sites excluding steroid dienone is 2. The molecule has 4 fully saturated rings. The van der Waals surface area contributed by atoms with E-state index in [2.05, 4.69) is 54.5 Å². The molecule has 0 aromatic carbocycles. The quantitative estimate of drug-likeness (QED) is 0.436. The van der Waals surface area contributed by atoms with Gasteiger partial charge in [-0.15, -0.1) is 0 Å². The second-order valence-electron chi connectivity index (χ2n) is 15.4. The molecule has 0 saturated heterocycles. The fraction of sp³-hybridized carbons (Fsp3) is 0.935. The van der Waals surface area contributed by atoms with Crippen LogP contribution in [0.2, 0.25) is 0 Å². The third-order valence-electron chi connectivity index (χ3n) is 13.5. The van der Waals surface area contributed by atoms with Gasteiger partial charge >= 0.3 is 0 Å². The first-order valence-corrected chi connectivity index (χ1v) is 14.2. The van der Waals surface area contributed by atoms with Crippen LogP contribution in [0.25, 0.3) is 0 Å². The van der Waals surface area contributed by atoms with E-state index in [0.29, 0.717) is 17.8 Å². The minimum atomic E-state index is -0.194. The zero-order valence-corrected chi connectivity index (χ0v) is 23.3. The number of methoxy groups -OCH3 is 1. The van der Waals surface area contributed by atoms with Crippen LogP contribution in [0.5, 0.6) is 0 Å². The van der Waals surface area contributed by atoms with Crippen LogP contribution in [0.3, 0.4) is 0 Å². The monoisotopic (exact) mass is 472 g/mol. The molecule has 10 atom stereocenters. The first kappa shape index (κ1) is 25.3. The molecular formula is C31H52O3. The smallest absolute Gasteiger partial charge is 0.0649 e. The summed E-state index contributed by atoms with van der Waals surface area (Å²) in [4.78, 5) is 0. The molecule has 5 aliphatic carbocycles. The summed E-state index contributed by atoms with van der Waals surface area (Å²) in [5.74, 6) is 1.65. The van der Waals surface area contributed by atoms with Crippen LogP contribution in [-0.2, 0) is 4.74 Å². The Hall–Kier alpha value is -0.380. The lowest BCUT2D eigenvalue weighted by atomic mass is 9.33. The van der Waals surface area contributed by atoms with Crippen LogP contribution in [0.1, 0.15) is 106 Å². The van der Waals surface area contributed by atoms with Crippen LogP contribution >= 0.6 is 0 Å². The van der Waals surface area contributed by atoms with E-state index in [1.807, 2.05) is 7.11 Å². The molecule has 3 nitrogen and oxygen atoms in total. The highest BCUT2D eigenvalue weighted by molar-refractivity contribution is 5.34. The summed E-state index contributed by atoms with van der Waals surface area (Å²) in [6.07, 6.45) is 13.0. The SMILES string of the molecule is CO[C@H]1CC[C@@]2(C)C(CC[C@]3(C)C2CC=C2[C@@H]4CC(C)(C)C[C@@H](O)[C@]4(C)CC[C@]23C)[C@@]1(C)CO. The summed E-state index contributed by atoms with van der Waals surface area (Å²) in [5.41, 5.74) is 2.47. The van der Waals surface area contributed by atoms with E-state index < -0.39 is 0 Å². The molecule has 4 saturated carbocycles. The Morgan fingerprint density at radius 2 is 1.59 bits per heavy atom. The van der Waals surface area contributed by atoms with Gasteiger partial charge in [-0.05, 0) is 97.2 Å². The third-order valence-corrected chi connectivity index (χ3v) is 13.5. The average Bonchev–Trinajstić information content (AvgIpc) is 2.75. The fourth-order valence-electron chi connectivity index (χ4n) is 11.1. The minimum Gasteiger partial charge on any atom is -0.396 e. The zero-order chi connectivity index (χ0) is 24.9. The zero-order valence-electron chi connectivity index (χ0n) is 23.3. The van der Waals surface area contributed by atoms with Crippen molar-refractivity contribution in [2.75, 3.05) is 13.7 Å². The molecule has 0 aromatic heterocycles. The largest absolute Gasteiger partial charge is 0.396 e. The number of aliphatic hydroxyl groups is 2. The molecule has 2 N–H and O–H groups in total. The second kappa shape index (κ2) is 7.57. The van der Waals surface area contributed by atoms with E-state index in [1.54, 1.807) is 5.57 Å². The first-order chi connectivity index (χ1) is 15.7. The van der Waals surface area contributed by atoms with Crippen molar-refractivity contribution in [3.63, 3.8) is 0 Å². The average molecular weight is 473 g/mol. The van der Waals surface area contributed by atoms with E-state index in [1.165, 1.54) is 32.1 Å². The van der Waals surface area contributed by atoms with Gasteiger partial charge < -0.3 is 14.9 Å². The van der Waals surface area contributed by atoms with Gasteiger partial charge in [0.25, 0.3) is 0 Å². The van der Waals surface area contributed by atoms with Gasteiger partial charge in [0.1, 0.15) is 0 Å². The van der Waals surface area contributed by atoms with Gasteiger partial charge in [0.2, 0.25) is 0 Å². The highest BCUT2D eigenvalue weighted by Gasteiger charge is 2.69. The van der Waals surface area contributed by atoms with Crippen molar-refractivity contribution in [2.24, 2.45) is 50.2 Å². The Balaban J connectivity index is 1.57. The van der Waals surface area contributed by atoms with Crippen molar-refractivity contribution in [1.29, 1.82) is 0 Å². The molecule has 0 aliphatic heterocycles.